The first-order chi connectivity index (χ1) is 7.84. The van der Waals surface area contributed by atoms with E-state index in [1.54, 1.807) is 0 Å². The quantitative estimate of drug-likeness (QED) is 0.435. The van der Waals surface area contributed by atoms with Crippen molar-refractivity contribution in [1.29, 1.82) is 0 Å². The molecular formula is C17H35-. The predicted molar refractivity (Wildman–Crippen MR) is 79.9 cm³/mol. The molecule has 0 amide bonds. The van der Waals surface area contributed by atoms with Crippen molar-refractivity contribution in [3.05, 3.63) is 6.92 Å². The van der Waals surface area contributed by atoms with Crippen LogP contribution in [-0.4, -0.2) is 0 Å². The van der Waals surface area contributed by atoms with Crippen molar-refractivity contribution < 1.29 is 0 Å². The Balaban J connectivity index is 3.56. The lowest BCUT2D eigenvalue weighted by atomic mass is 9.87. The van der Waals surface area contributed by atoms with E-state index in [2.05, 4.69) is 48.5 Å². The molecule has 0 spiro atoms. The second-order valence-corrected chi connectivity index (χ2v) is 6.79. The fourth-order valence-electron chi connectivity index (χ4n) is 2.10. The Hall–Kier alpha value is 0. The molecule has 17 heavy (non-hydrogen) atoms. The molecule has 0 aliphatic heterocycles. The summed E-state index contributed by atoms with van der Waals surface area (Å²) in [5.41, 5.74) is 0. The fraction of sp³-hybridized carbons (Fsp3) is 0.941. The molecule has 0 nitrogen and oxygen atoms in total. The molecule has 0 fully saturated rings. The number of hydrogen-bond donors (Lipinski definition) is 0. The Kier molecular flexibility index (Phi) is 9.00. The van der Waals surface area contributed by atoms with Gasteiger partial charge in [0.1, 0.15) is 0 Å². The van der Waals surface area contributed by atoms with Crippen molar-refractivity contribution in [2.45, 2.75) is 73.6 Å². The lowest BCUT2D eigenvalue weighted by molar-refractivity contribution is 0.328. The average Bonchev–Trinajstić information content (AvgIpc) is 2.25. The molecule has 0 aromatic rings. The maximum atomic E-state index is 4.12. The summed E-state index contributed by atoms with van der Waals surface area (Å²) in [6.07, 6.45) is 6.96. The van der Waals surface area contributed by atoms with Gasteiger partial charge in [-0.05, 0) is 17.8 Å². The van der Waals surface area contributed by atoms with Crippen LogP contribution in [0, 0.1) is 36.5 Å². The summed E-state index contributed by atoms with van der Waals surface area (Å²) in [6.45, 7) is 18.2. The molecule has 0 bridgehead atoms. The van der Waals surface area contributed by atoms with Gasteiger partial charge in [-0.2, -0.15) is 5.92 Å². The van der Waals surface area contributed by atoms with Crippen LogP contribution < -0.4 is 0 Å². The molecule has 0 saturated heterocycles. The van der Waals surface area contributed by atoms with Gasteiger partial charge in [-0.25, -0.2) is 0 Å². The third kappa shape index (κ3) is 8.69. The van der Waals surface area contributed by atoms with Gasteiger partial charge in [-0.15, -0.1) is 0 Å². The minimum atomic E-state index is 0.603. The van der Waals surface area contributed by atoms with Gasteiger partial charge in [0.05, 0.1) is 0 Å². The third-order valence-corrected chi connectivity index (χ3v) is 4.58. The van der Waals surface area contributed by atoms with Crippen LogP contribution in [0.4, 0.5) is 0 Å². The van der Waals surface area contributed by atoms with Gasteiger partial charge in [0.25, 0.3) is 0 Å². The normalized spacial score (nSPS) is 19.1. The largest absolute Gasteiger partial charge is 0.340 e. The van der Waals surface area contributed by atoms with Crippen molar-refractivity contribution in [2.75, 3.05) is 0 Å². The van der Waals surface area contributed by atoms with E-state index < -0.39 is 0 Å². The zero-order chi connectivity index (χ0) is 13.4. The standard InChI is InChI=1S/C17H35/c1-13(2)16(6)10-8-9-15(5)11-12-17(7)14(3)4/h13-17H,1,8-12H2,2-7H3/q-1. The molecule has 0 heterocycles. The van der Waals surface area contributed by atoms with Crippen LogP contribution in [0.2, 0.25) is 0 Å². The van der Waals surface area contributed by atoms with E-state index in [0.29, 0.717) is 5.92 Å². The van der Waals surface area contributed by atoms with Crippen molar-refractivity contribution in [2.24, 2.45) is 29.6 Å². The summed E-state index contributed by atoms with van der Waals surface area (Å²) in [7, 11) is 0. The topological polar surface area (TPSA) is 0 Å². The summed E-state index contributed by atoms with van der Waals surface area (Å²) < 4.78 is 0. The lowest BCUT2D eigenvalue weighted by Crippen LogP contribution is -2.07. The minimum Gasteiger partial charge on any atom is -0.340 e. The van der Waals surface area contributed by atoms with Crippen LogP contribution in [-0.2, 0) is 0 Å². The Morgan fingerprint density at radius 1 is 0.706 bits per heavy atom. The van der Waals surface area contributed by atoms with E-state index in [1.807, 2.05) is 0 Å². The lowest BCUT2D eigenvalue weighted by Gasteiger charge is -2.22. The summed E-state index contributed by atoms with van der Waals surface area (Å²) in [5, 5.41) is 0. The minimum absolute atomic E-state index is 0.603. The van der Waals surface area contributed by atoms with Gasteiger partial charge < -0.3 is 6.92 Å². The molecule has 4 atom stereocenters. The van der Waals surface area contributed by atoms with Crippen LogP contribution in [0.3, 0.4) is 0 Å². The Morgan fingerprint density at radius 3 is 1.76 bits per heavy atom. The molecular weight excluding hydrogens is 204 g/mol. The predicted octanol–water partition coefficient (Wildman–Crippen LogP) is 5.97. The van der Waals surface area contributed by atoms with E-state index in [4.69, 9.17) is 0 Å². The summed E-state index contributed by atoms with van der Waals surface area (Å²) in [6, 6.07) is 0. The van der Waals surface area contributed by atoms with Gasteiger partial charge in [-0.3, -0.25) is 0 Å². The highest BCUT2D eigenvalue weighted by Crippen LogP contribution is 2.24. The second-order valence-electron chi connectivity index (χ2n) is 6.79. The van der Waals surface area contributed by atoms with Crippen molar-refractivity contribution in [3.8, 4) is 0 Å². The highest BCUT2D eigenvalue weighted by molar-refractivity contribution is 4.65. The zero-order valence-corrected chi connectivity index (χ0v) is 13.1. The maximum Gasteiger partial charge on any atom is -0.0420 e. The number of hydrogen-bond acceptors (Lipinski definition) is 0. The van der Waals surface area contributed by atoms with Crippen LogP contribution in [0.1, 0.15) is 73.6 Å². The van der Waals surface area contributed by atoms with Crippen LogP contribution in [0.15, 0.2) is 0 Å². The summed E-state index contributed by atoms with van der Waals surface area (Å²) in [4.78, 5) is 0. The van der Waals surface area contributed by atoms with E-state index >= 15 is 0 Å². The monoisotopic (exact) mass is 239 g/mol. The average molecular weight is 239 g/mol. The van der Waals surface area contributed by atoms with E-state index in [9.17, 15) is 0 Å². The number of rotatable bonds is 9. The Bertz CT molecular complexity index is 169. The van der Waals surface area contributed by atoms with Crippen LogP contribution in [0.5, 0.6) is 0 Å². The molecule has 0 saturated carbocycles. The molecule has 0 radical (unpaired) electrons. The van der Waals surface area contributed by atoms with Gasteiger partial charge in [0, 0.05) is 0 Å². The molecule has 0 heteroatoms. The molecule has 0 aliphatic carbocycles. The maximum absolute atomic E-state index is 4.12. The third-order valence-electron chi connectivity index (χ3n) is 4.58. The van der Waals surface area contributed by atoms with Crippen LogP contribution in [0.25, 0.3) is 0 Å². The first-order valence-corrected chi connectivity index (χ1v) is 7.67. The van der Waals surface area contributed by atoms with Crippen molar-refractivity contribution >= 4 is 0 Å². The van der Waals surface area contributed by atoms with Gasteiger partial charge in [0.2, 0.25) is 0 Å². The van der Waals surface area contributed by atoms with E-state index in [1.165, 1.54) is 32.1 Å². The fourth-order valence-corrected chi connectivity index (χ4v) is 2.10. The van der Waals surface area contributed by atoms with Gasteiger partial charge in [-0.1, -0.05) is 79.6 Å². The molecule has 0 aromatic heterocycles. The Morgan fingerprint density at radius 2 is 1.29 bits per heavy atom. The first kappa shape index (κ1) is 17.0. The van der Waals surface area contributed by atoms with Crippen molar-refractivity contribution in [1.82, 2.24) is 0 Å². The van der Waals surface area contributed by atoms with Gasteiger partial charge in [0.15, 0.2) is 0 Å². The zero-order valence-electron chi connectivity index (χ0n) is 13.1. The molecule has 4 unspecified atom stereocenters. The van der Waals surface area contributed by atoms with E-state index in [0.717, 1.165) is 23.7 Å². The SMILES string of the molecule is [CH2-]C(C)C(C)CCCC(C)CCC(C)C(C)C. The molecule has 0 aromatic carbocycles. The summed E-state index contributed by atoms with van der Waals surface area (Å²) >= 11 is 0. The van der Waals surface area contributed by atoms with E-state index in [-0.39, 0.29) is 0 Å². The van der Waals surface area contributed by atoms with Gasteiger partial charge >= 0.3 is 0 Å². The molecule has 0 aliphatic rings. The van der Waals surface area contributed by atoms with Crippen molar-refractivity contribution in [3.63, 3.8) is 0 Å². The molecule has 104 valence electrons. The Labute approximate surface area is 111 Å². The van der Waals surface area contributed by atoms with Crippen LogP contribution >= 0.6 is 0 Å². The highest BCUT2D eigenvalue weighted by Gasteiger charge is 2.10. The summed E-state index contributed by atoms with van der Waals surface area (Å²) in [5.74, 6) is 4.03. The highest BCUT2D eigenvalue weighted by atomic mass is 14.2. The molecule has 0 rings (SSSR count). The molecule has 0 N–H and O–H groups in total. The first-order valence-electron chi connectivity index (χ1n) is 7.67. The second kappa shape index (κ2) is 9.00. The smallest absolute Gasteiger partial charge is 0.0420 e.